The molecule has 2 amide bonds. The first-order chi connectivity index (χ1) is 12.6. The second-order valence-electron chi connectivity index (χ2n) is 5.56. The average molecular weight is 344 g/mol. The second kappa shape index (κ2) is 7.49. The van der Waals surface area contributed by atoms with Gasteiger partial charge in [0.15, 0.2) is 0 Å². The topological polar surface area (TPSA) is 59.0 Å². The van der Waals surface area contributed by atoms with E-state index < -0.39 is 11.8 Å². The number of benzene rings is 2. The van der Waals surface area contributed by atoms with E-state index in [0.717, 1.165) is 5.01 Å². The maximum atomic E-state index is 12.7. The van der Waals surface area contributed by atoms with Gasteiger partial charge in [-0.15, -0.1) is 6.42 Å². The van der Waals surface area contributed by atoms with Gasteiger partial charge in [0.05, 0.1) is 11.3 Å². The molecule has 5 nitrogen and oxygen atoms in total. The van der Waals surface area contributed by atoms with Crippen molar-refractivity contribution in [3.63, 3.8) is 0 Å². The standard InChI is InChI=1S/C21H16N2O3/c1-3-13-26-19-12-8-7-11-17(19)14-18-15(2)22-23(21(18)25)20(24)16-9-5-4-6-10-16/h1,4-12,14H,13H2,2H3/b18-14+. The molecule has 0 N–H and O–H groups in total. The van der Waals surface area contributed by atoms with Crippen molar-refractivity contribution in [3.05, 3.63) is 71.3 Å². The predicted molar refractivity (Wildman–Crippen MR) is 99.5 cm³/mol. The quantitative estimate of drug-likeness (QED) is 0.486. The third kappa shape index (κ3) is 3.40. The molecule has 3 rings (SSSR count). The van der Waals surface area contributed by atoms with Crippen LogP contribution in [0, 0.1) is 12.3 Å². The van der Waals surface area contributed by atoms with Gasteiger partial charge in [0.1, 0.15) is 12.4 Å². The SMILES string of the molecule is C#CCOc1ccccc1/C=C1/C(=O)N(C(=O)c2ccccc2)N=C1C. The molecular formula is C21H16N2O3. The normalized spacial score (nSPS) is 14.9. The van der Waals surface area contributed by atoms with Crippen LogP contribution in [0.15, 0.2) is 65.3 Å². The van der Waals surface area contributed by atoms with Crippen molar-refractivity contribution in [2.75, 3.05) is 6.61 Å². The second-order valence-corrected chi connectivity index (χ2v) is 5.56. The van der Waals surface area contributed by atoms with E-state index in [2.05, 4.69) is 11.0 Å². The Morgan fingerprint density at radius 1 is 1.19 bits per heavy atom. The van der Waals surface area contributed by atoms with Gasteiger partial charge in [0.2, 0.25) is 0 Å². The molecule has 0 atom stereocenters. The first kappa shape index (κ1) is 17.2. The first-order valence-corrected chi connectivity index (χ1v) is 7.98. The Bertz CT molecular complexity index is 953. The molecule has 2 aromatic carbocycles. The molecule has 2 aromatic rings. The monoisotopic (exact) mass is 344 g/mol. The van der Waals surface area contributed by atoms with Crippen molar-refractivity contribution in [1.29, 1.82) is 0 Å². The summed E-state index contributed by atoms with van der Waals surface area (Å²) in [4.78, 5) is 25.2. The highest BCUT2D eigenvalue weighted by atomic mass is 16.5. The van der Waals surface area contributed by atoms with Gasteiger partial charge in [-0.2, -0.15) is 10.1 Å². The Labute approximate surface area is 151 Å². The van der Waals surface area contributed by atoms with Crippen molar-refractivity contribution >= 4 is 23.6 Å². The van der Waals surface area contributed by atoms with Crippen molar-refractivity contribution in [1.82, 2.24) is 5.01 Å². The Morgan fingerprint density at radius 3 is 2.62 bits per heavy atom. The minimum Gasteiger partial charge on any atom is -0.480 e. The number of amides is 2. The third-order valence-electron chi connectivity index (χ3n) is 3.81. The number of hydrogen-bond donors (Lipinski definition) is 0. The lowest BCUT2D eigenvalue weighted by molar-refractivity contribution is -0.123. The third-order valence-corrected chi connectivity index (χ3v) is 3.81. The van der Waals surface area contributed by atoms with Crippen LogP contribution in [0.25, 0.3) is 6.08 Å². The lowest BCUT2D eigenvalue weighted by Crippen LogP contribution is -2.29. The molecule has 0 radical (unpaired) electrons. The zero-order valence-corrected chi connectivity index (χ0v) is 14.2. The summed E-state index contributed by atoms with van der Waals surface area (Å²) in [6.45, 7) is 1.81. The molecule has 0 spiro atoms. The summed E-state index contributed by atoms with van der Waals surface area (Å²) < 4.78 is 5.50. The molecule has 128 valence electrons. The van der Waals surface area contributed by atoms with Crippen LogP contribution in [-0.2, 0) is 4.79 Å². The smallest absolute Gasteiger partial charge is 0.283 e. The molecule has 0 fully saturated rings. The first-order valence-electron chi connectivity index (χ1n) is 7.98. The fraction of sp³-hybridized carbons (Fsp3) is 0.0952. The summed E-state index contributed by atoms with van der Waals surface area (Å²) in [6, 6.07) is 15.8. The zero-order valence-electron chi connectivity index (χ0n) is 14.2. The van der Waals surface area contributed by atoms with E-state index in [4.69, 9.17) is 11.2 Å². The summed E-state index contributed by atoms with van der Waals surface area (Å²) in [6.07, 6.45) is 6.89. The van der Waals surface area contributed by atoms with Gasteiger partial charge < -0.3 is 4.74 Å². The molecule has 26 heavy (non-hydrogen) atoms. The van der Waals surface area contributed by atoms with Crippen molar-refractivity contribution in [3.8, 4) is 18.1 Å². The Kier molecular flexibility index (Phi) is 4.95. The number of hydrazone groups is 1. The minimum atomic E-state index is -0.469. The molecule has 1 aliphatic rings. The highest BCUT2D eigenvalue weighted by Gasteiger charge is 2.33. The minimum absolute atomic E-state index is 0.125. The molecule has 0 saturated carbocycles. The number of carbonyl (C=O) groups is 2. The number of para-hydroxylation sites is 1. The summed E-state index contributed by atoms with van der Waals surface area (Å²) in [5.74, 6) is 2.04. The van der Waals surface area contributed by atoms with Crippen molar-refractivity contribution in [2.45, 2.75) is 6.92 Å². The maximum Gasteiger partial charge on any atom is 0.283 e. The van der Waals surface area contributed by atoms with E-state index in [1.807, 2.05) is 12.1 Å². The number of terminal acetylenes is 1. The molecule has 0 bridgehead atoms. The number of rotatable bonds is 4. The van der Waals surface area contributed by atoms with Gasteiger partial charge in [-0.1, -0.05) is 42.3 Å². The number of nitrogens with zero attached hydrogens (tertiary/aromatic N) is 2. The maximum absolute atomic E-state index is 12.7. The molecule has 0 aromatic heterocycles. The van der Waals surface area contributed by atoms with E-state index in [-0.39, 0.29) is 6.61 Å². The Morgan fingerprint density at radius 2 is 1.88 bits per heavy atom. The van der Waals surface area contributed by atoms with Crippen LogP contribution in [0.5, 0.6) is 5.75 Å². The van der Waals surface area contributed by atoms with Crippen LogP contribution >= 0.6 is 0 Å². The van der Waals surface area contributed by atoms with Crippen LogP contribution in [-0.4, -0.2) is 29.1 Å². The molecule has 1 heterocycles. The lowest BCUT2D eigenvalue weighted by Gasteiger charge is -2.10. The number of carbonyl (C=O) groups excluding carboxylic acids is 2. The highest BCUT2D eigenvalue weighted by Crippen LogP contribution is 2.25. The van der Waals surface area contributed by atoms with Gasteiger partial charge in [-0.3, -0.25) is 9.59 Å². The average Bonchev–Trinajstić information content (AvgIpc) is 2.95. The van der Waals surface area contributed by atoms with Crippen LogP contribution < -0.4 is 4.74 Å². The van der Waals surface area contributed by atoms with E-state index in [1.54, 1.807) is 55.5 Å². The van der Waals surface area contributed by atoms with E-state index >= 15 is 0 Å². The molecule has 5 heteroatoms. The Balaban J connectivity index is 1.91. The summed E-state index contributed by atoms with van der Waals surface area (Å²) in [5.41, 5.74) is 1.89. The fourth-order valence-corrected chi connectivity index (χ4v) is 2.53. The fourth-order valence-electron chi connectivity index (χ4n) is 2.53. The molecule has 0 saturated heterocycles. The number of hydrogen-bond acceptors (Lipinski definition) is 4. The van der Waals surface area contributed by atoms with E-state index in [9.17, 15) is 9.59 Å². The molecule has 0 aliphatic carbocycles. The lowest BCUT2D eigenvalue weighted by atomic mass is 10.1. The van der Waals surface area contributed by atoms with E-state index in [0.29, 0.717) is 28.2 Å². The largest absolute Gasteiger partial charge is 0.480 e. The summed E-state index contributed by atoms with van der Waals surface area (Å²) in [5, 5.41) is 5.01. The molecule has 0 unspecified atom stereocenters. The van der Waals surface area contributed by atoms with Crippen LogP contribution in [0.2, 0.25) is 0 Å². The molecular weight excluding hydrogens is 328 g/mol. The van der Waals surface area contributed by atoms with Crippen LogP contribution in [0.1, 0.15) is 22.8 Å². The molecule has 1 aliphatic heterocycles. The predicted octanol–water partition coefficient (Wildman–Crippen LogP) is 3.14. The van der Waals surface area contributed by atoms with Gasteiger partial charge in [0, 0.05) is 11.1 Å². The van der Waals surface area contributed by atoms with Gasteiger partial charge >= 0.3 is 0 Å². The summed E-state index contributed by atoms with van der Waals surface area (Å²) >= 11 is 0. The van der Waals surface area contributed by atoms with Crippen molar-refractivity contribution < 1.29 is 14.3 Å². The van der Waals surface area contributed by atoms with Gasteiger partial charge in [-0.25, -0.2) is 0 Å². The Hall–Kier alpha value is -3.65. The van der Waals surface area contributed by atoms with Crippen LogP contribution in [0.3, 0.4) is 0 Å². The van der Waals surface area contributed by atoms with Crippen LogP contribution in [0.4, 0.5) is 0 Å². The van der Waals surface area contributed by atoms with Gasteiger partial charge in [-0.05, 0) is 31.2 Å². The van der Waals surface area contributed by atoms with Crippen molar-refractivity contribution in [2.24, 2.45) is 5.10 Å². The highest BCUT2D eigenvalue weighted by molar-refractivity contribution is 6.30. The van der Waals surface area contributed by atoms with E-state index in [1.165, 1.54) is 0 Å². The number of ether oxygens (including phenoxy) is 1. The number of imide groups is 1. The summed E-state index contributed by atoms with van der Waals surface area (Å²) in [7, 11) is 0. The zero-order chi connectivity index (χ0) is 18.5. The van der Waals surface area contributed by atoms with Gasteiger partial charge in [0.25, 0.3) is 11.8 Å².